The minimum atomic E-state index is 0.736. The molecule has 0 saturated carbocycles. The van der Waals surface area contributed by atoms with Crippen LogP contribution in [0.15, 0.2) is 96.0 Å². The van der Waals surface area contributed by atoms with Crippen LogP contribution >= 0.6 is 0 Å². The largest absolute Gasteiger partial charge is 0.354 e. The molecule has 102 valence electrons. The average Bonchev–Trinajstić information content (AvgIpc) is 2.81. The Morgan fingerprint density at radius 2 is 1.24 bits per heavy atom. The molecule has 0 spiro atoms. The molecule has 3 rings (SSSR count). The Hall–Kier alpha value is -2.87. The molecule has 0 unspecified atom stereocenters. The average molecular weight is 275 g/mol. The summed E-state index contributed by atoms with van der Waals surface area (Å²) in [4.78, 5) is 4.67. The van der Waals surface area contributed by atoms with Crippen LogP contribution in [0.25, 0.3) is 0 Å². The second kappa shape index (κ2) is 6.53. The van der Waals surface area contributed by atoms with Crippen LogP contribution in [0.3, 0.4) is 0 Å². The van der Waals surface area contributed by atoms with E-state index in [0.29, 0.717) is 0 Å². The lowest BCUT2D eigenvalue weighted by Crippen LogP contribution is -2.05. The van der Waals surface area contributed by atoms with Crippen molar-refractivity contribution in [3.63, 3.8) is 0 Å². The first kappa shape index (κ1) is 11.9. The highest BCUT2D eigenvalue weighted by Gasteiger charge is 1.96. The molecule has 0 amide bonds. The van der Waals surface area contributed by atoms with E-state index < -0.39 is 0 Å². The molecule has 0 aromatic heterocycles. The van der Waals surface area contributed by atoms with E-state index in [1.54, 1.807) is 0 Å². The third-order valence-electron chi connectivity index (χ3n) is 3.00. The van der Waals surface area contributed by atoms with Gasteiger partial charge in [-0.25, -0.2) is 4.99 Å². The molecule has 0 radical (unpaired) electrons. The van der Waals surface area contributed by atoms with E-state index in [4.69, 9.17) is 1.41 Å². The highest BCUT2D eigenvalue weighted by atomic mass is 15.6. The summed E-state index contributed by atoms with van der Waals surface area (Å²) in [6.07, 6.45) is 0. The predicted molar refractivity (Wildman–Crippen MR) is 87.8 cm³/mol. The van der Waals surface area contributed by atoms with Gasteiger partial charge in [0, 0.05) is 5.69 Å². The lowest BCUT2D eigenvalue weighted by Gasteiger charge is -2.05. The highest BCUT2D eigenvalue weighted by molar-refractivity contribution is 5.59. The number of nitrogens with zero attached hydrogens (tertiary/aromatic N) is 1. The molecule has 0 aliphatic rings. The summed E-state index contributed by atoms with van der Waals surface area (Å²) >= 11 is 0. The van der Waals surface area contributed by atoms with E-state index in [-0.39, 0.29) is 0 Å². The van der Waals surface area contributed by atoms with Crippen LogP contribution in [0.4, 0.5) is 17.1 Å². The van der Waals surface area contributed by atoms with Crippen molar-refractivity contribution >= 4 is 17.1 Å². The van der Waals surface area contributed by atoms with Gasteiger partial charge in [0.15, 0.2) is 1.41 Å². The maximum absolute atomic E-state index is 8.42. The summed E-state index contributed by atoms with van der Waals surface area (Å²) in [5, 5.41) is 2.16. The van der Waals surface area contributed by atoms with Gasteiger partial charge in [-0.2, -0.15) is 0 Å². The van der Waals surface area contributed by atoms with E-state index in [1.807, 2.05) is 91.0 Å². The first-order valence-electron chi connectivity index (χ1n) is 7.32. The molecule has 0 saturated heterocycles. The standard InChI is InChI=1S/C19H16N2/c1-4-10-16(11-5-1)20-18-14-8-3-9-15-19(18)21-17-12-6-2-7-13-17/h1-15H,(H,20,21)/i20+1,21+1/hD. The van der Waals surface area contributed by atoms with Gasteiger partial charge in [0.2, 0.25) is 0 Å². The van der Waals surface area contributed by atoms with Gasteiger partial charge in [0.05, 0.1) is 16.7 Å². The van der Waals surface area contributed by atoms with E-state index in [0.717, 1.165) is 22.4 Å². The molecule has 0 atom stereocenters. The Kier molecular flexibility index (Phi) is 3.70. The van der Waals surface area contributed by atoms with Crippen molar-refractivity contribution in [2.24, 2.45) is 4.99 Å². The quantitative estimate of drug-likeness (QED) is 0.691. The molecule has 0 heterocycles. The lowest BCUT2D eigenvalue weighted by atomic mass is 10.3. The number of benzene rings is 2. The number of rotatable bonds is 3. The monoisotopic (exact) mass is 275 g/mol. The normalized spacial score (nSPS) is 11.8. The summed E-state index contributed by atoms with van der Waals surface area (Å²) < 4.78 is 8.42. The van der Waals surface area contributed by atoms with Crippen LogP contribution < -0.4 is 10.7 Å². The molecular weight excluding hydrogens is 258 g/mol. The van der Waals surface area contributed by atoms with Crippen molar-refractivity contribution in [3.05, 3.63) is 96.4 Å². The van der Waals surface area contributed by atoms with Gasteiger partial charge in [0.1, 0.15) is 0 Å². The molecule has 0 bridgehead atoms. The van der Waals surface area contributed by atoms with Gasteiger partial charge in [-0.1, -0.05) is 54.6 Å². The second-order valence-electron chi connectivity index (χ2n) is 4.58. The van der Waals surface area contributed by atoms with Gasteiger partial charge in [-0.3, -0.25) is 0 Å². The van der Waals surface area contributed by atoms with E-state index >= 15 is 0 Å². The summed E-state index contributed by atoms with van der Waals surface area (Å²) in [5.41, 5.74) is 2.41. The van der Waals surface area contributed by atoms with Crippen LogP contribution in [-0.2, 0) is 0 Å². The minimum Gasteiger partial charge on any atom is -0.354 e. The molecule has 2 nitrogen and oxygen atoms in total. The fraction of sp³-hybridized carbons (Fsp3) is 0. The van der Waals surface area contributed by atoms with Gasteiger partial charge in [-0.15, -0.1) is 0 Å². The predicted octanol–water partition coefficient (Wildman–Crippen LogP) is 4.66. The molecule has 1 N–H and O–H groups in total. The van der Waals surface area contributed by atoms with Crippen molar-refractivity contribution in [2.45, 2.75) is 0 Å². The molecule has 21 heavy (non-hydrogen) atoms. The lowest BCUT2D eigenvalue weighted by molar-refractivity contribution is 1.34. The summed E-state index contributed by atoms with van der Waals surface area (Å²) in [5.74, 6) is 0. The molecule has 3 aromatic carbocycles. The van der Waals surface area contributed by atoms with Crippen molar-refractivity contribution in [3.8, 4) is 0 Å². The fourth-order valence-corrected chi connectivity index (χ4v) is 2.00. The van der Waals surface area contributed by atoms with Crippen molar-refractivity contribution in [1.82, 2.24) is 0 Å². The number of hydrogen-bond acceptors (Lipinski definition) is 2. The van der Waals surface area contributed by atoms with Gasteiger partial charge >= 0.3 is 0 Å². The fourth-order valence-electron chi connectivity index (χ4n) is 2.00. The number of para-hydroxylation sites is 2. The number of nitrogens with one attached hydrogen (secondary N) is 1. The number of hydrogen-bond donors (Lipinski definition) is 1. The maximum atomic E-state index is 8.42. The smallest absolute Gasteiger partial charge is 0.167 e. The molecule has 0 fully saturated rings. The first-order chi connectivity index (χ1) is 10.8. The van der Waals surface area contributed by atoms with Crippen molar-refractivity contribution in [1.29, 1.82) is 0 Å². The van der Waals surface area contributed by atoms with Crippen LogP contribution in [-0.4, -0.2) is 0 Å². The third-order valence-corrected chi connectivity index (χ3v) is 3.00. The van der Waals surface area contributed by atoms with Crippen LogP contribution in [0.5, 0.6) is 0 Å². The van der Waals surface area contributed by atoms with Crippen LogP contribution in [0.2, 0.25) is 1.41 Å². The molecule has 2 heteroatoms. The molecule has 0 aliphatic heterocycles. The zero-order chi connectivity index (χ0) is 15.2. The van der Waals surface area contributed by atoms with Crippen LogP contribution in [0.1, 0.15) is 0 Å². The van der Waals surface area contributed by atoms with Gasteiger partial charge < -0.3 is 5.31 Å². The summed E-state index contributed by atoms with van der Waals surface area (Å²) in [6, 6.07) is 29.0. The van der Waals surface area contributed by atoms with Gasteiger partial charge in [-0.05, 0) is 36.4 Å². The third kappa shape index (κ3) is 3.57. The summed E-state index contributed by atoms with van der Waals surface area (Å²) in [7, 11) is 0. The zero-order valence-electron chi connectivity index (χ0n) is 12.6. The minimum absolute atomic E-state index is 0.736. The van der Waals surface area contributed by atoms with E-state index in [9.17, 15) is 0 Å². The Bertz CT molecular complexity index is 802. The first-order valence-corrected chi connectivity index (χ1v) is 6.88. The topological polar surface area (TPSA) is 24.4 Å². The maximum Gasteiger partial charge on any atom is 0.167 e. The Labute approximate surface area is 125 Å². The zero-order valence-corrected chi connectivity index (χ0v) is 11.6. The van der Waals surface area contributed by atoms with Gasteiger partial charge in [0.25, 0.3) is 0 Å². The summed E-state index contributed by atoms with van der Waals surface area (Å²) in [6.45, 7) is 0. The SMILES string of the molecule is [2H][15N](c1ccccc1)c1cccccc1=[15N]c1ccccc1. The molecular formula is C19H16N2. The Morgan fingerprint density at radius 3 is 1.95 bits per heavy atom. The van der Waals surface area contributed by atoms with Crippen molar-refractivity contribution in [2.75, 3.05) is 5.31 Å². The molecule has 0 aliphatic carbocycles. The highest BCUT2D eigenvalue weighted by Crippen LogP contribution is 2.13. The van der Waals surface area contributed by atoms with Crippen molar-refractivity contribution < 1.29 is 1.41 Å². The second-order valence-corrected chi connectivity index (χ2v) is 4.58. The Balaban J connectivity index is 2.13. The number of anilines is 2. The van der Waals surface area contributed by atoms with E-state index in [2.05, 4.69) is 4.99 Å². The van der Waals surface area contributed by atoms with Crippen LogP contribution in [0, 0.1) is 0 Å². The molecule has 3 aromatic rings. The Morgan fingerprint density at radius 1 is 0.667 bits per heavy atom. The van der Waals surface area contributed by atoms with E-state index in [1.165, 1.54) is 5.31 Å².